The molecule has 0 atom stereocenters. The van der Waals surface area contributed by atoms with Gasteiger partial charge in [0.2, 0.25) is 5.91 Å². The van der Waals surface area contributed by atoms with E-state index in [9.17, 15) is 4.79 Å². The van der Waals surface area contributed by atoms with Gasteiger partial charge in [0.05, 0.1) is 6.42 Å². The molecule has 0 unspecified atom stereocenters. The van der Waals surface area contributed by atoms with Crippen molar-refractivity contribution in [2.75, 3.05) is 6.54 Å². The van der Waals surface area contributed by atoms with E-state index in [1.165, 1.54) is 0 Å². The van der Waals surface area contributed by atoms with E-state index >= 15 is 0 Å². The first-order valence-corrected chi connectivity index (χ1v) is 5.88. The van der Waals surface area contributed by atoms with Crippen LogP contribution in [0.1, 0.15) is 19.4 Å². The molecular formula is C12H16BrNO. The molecule has 0 saturated carbocycles. The van der Waals surface area contributed by atoms with Crippen LogP contribution in [0.5, 0.6) is 0 Å². The van der Waals surface area contributed by atoms with Gasteiger partial charge < -0.3 is 5.32 Å². The van der Waals surface area contributed by atoms with Crippen molar-refractivity contribution in [2.45, 2.75) is 20.3 Å². The number of amides is 1. The van der Waals surface area contributed by atoms with E-state index < -0.39 is 0 Å². The lowest BCUT2D eigenvalue weighted by Crippen LogP contribution is -2.28. The van der Waals surface area contributed by atoms with Gasteiger partial charge in [-0.05, 0) is 23.6 Å². The highest BCUT2D eigenvalue weighted by Gasteiger charge is 2.03. The molecule has 1 N–H and O–H groups in total. The van der Waals surface area contributed by atoms with E-state index in [1.54, 1.807) is 0 Å². The number of carbonyl (C=O) groups is 1. The number of halogens is 1. The van der Waals surface area contributed by atoms with Crippen LogP contribution in [0, 0.1) is 5.92 Å². The summed E-state index contributed by atoms with van der Waals surface area (Å²) < 4.78 is 1.04. The molecule has 0 aliphatic heterocycles. The first-order valence-electron chi connectivity index (χ1n) is 5.09. The lowest BCUT2D eigenvalue weighted by molar-refractivity contribution is -0.120. The van der Waals surface area contributed by atoms with Gasteiger partial charge in [0.15, 0.2) is 0 Å². The minimum atomic E-state index is 0.0889. The van der Waals surface area contributed by atoms with E-state index in [2.05, 4.69) is 35.1 Å². The summed E-state index contributed by atoms with van der Waals surface area (Å²) in [5, 5.41) is 2.89. The highest BCUT2D eigenvalue weighted by atomic mass is 79.9. The zero-order valence-corrected chi connectivity index (χ0v) is 10.7. The Morgan fingerprint density at radius 1 is 1.33 bits per heavy atom. The second-order valence-electron chi connectivity index (χ2n) is 4.00. The van der Waals surface area contributed by atoms with Gasteiger partial charge in [0.25, 0.3) is 0 Å². The van der Waals surface area contributed by atoms with Crippen molar-refractivity contribution >= 4 is 21.8 Å². The average Bonchev–Trinajstić information content (AvgIpc) is 2.19. The van der Waals surface area contributed by atoms with Crippen LogP contribution in [0.4, 0.5) is 0 Å². The molecule has 0 radical (unpaired) electrons. The van der Waals surface area contributed by atoms with E-state index in [4.69, 9.17) is 0 Å². The van der Waals surface area contributed by atoms with Crippen molar-refractivity contribution in [1.29, 1.82) is 0 Å². The molecule has 0 bridgehead atoms. The quantitative estimate of drug-likeness (QED) is 0.895. The lowest BCUT2D eigenvalue weighted by atomic mass is 10.1. The topological polar surface area (TPSA) is 29.1 Å². The molecular weight excluding hydrogens is 254 g/mol. The first kappa shape index (κ1) is 12.2. The van der Waals surface area contributed by atoms with Crippen molar-refractivity contribution in [2.24, 2.45) is 5.92 Å². The van der Waals surface area contributed by atoms with Crippen LogP contribution in [0.2, 0.25) is 0 Å². The highest BCUT2D eigenvalue weighted by Crippen LogP contribution is 2.10. The summed E-state index contributed by atoms with van der Waals surface area (Å²) in [6.07, 6.45) is 0.458. The van der Waals surface area contributed by atoms with Crippen LogP contribution in [0.25, 0.3) is 0 Å². The molecule has 0 heterocycles. The van der Waals surface area contributed by atoms with Gasteiger partial charge in [0, 0.05) is 11.0 Å². The number of nitrogens with one attached hydrogen (secondary N) is 1. The van der Waals surface area contributed by atoms with E-state index in [1.807, 2.05) is 24.3 Å². The standard InChI is InChI=1S/C12H16BrNO/c1-9(2)8-14-12(15)7-10-3-5-11(13)6-4-10/h3-6,9H,7-8H2,1-2H3,(H,14,15). The van der Waals surface area contributed by atoms with Crippen LogP contribution in [-0.4, -0.2) is 12.5 Å². The van der Waals surface area contributed by atoms with E-state index in [0.717, 1.165) is 16.6 Å². The molecule has 1 amide bonds. The van der Waals surface area contributed by atoms with Crippen molar-refractivity contribution in [3.63, 3.8) is 0 Å². The Balaban J connectivity index is 2.41. The number of benzene rings is 1. The van der Waals surface area contributed by atoms with Gasteiger partial charge in [-0.15, -0.1) is 0 Å². The summed E-state index contributed by atoms with van der Waals surface area (Å²) in [5.74, 6) is 0.588. The molecule has 15 heavy (non-hydrogen) atoms. The molecule has 3 heteroatoms. The third-order valence-corrected chi connectivity index (χ3v) is 2.51. The van der Waals surface area contributed by atoms with Crippen LogP contribution >= 0.6 is 15.9 Å². The molecule has 82 valence electrons. The second-order valence-corrected chi connectivity index (χ2v) is 4.92. The maximum absolute atomic E-state index is 11.5. The highest BCUT2D eigenvalue weighted by molar-refractivity contribution is 9.10. The predicted octanol–water partition coefficient (Wildman–Crippen LogP) is 2.76. The maximum Gasteiger partial charge on any atom is 0.224 e. The van der Waals surface area contributed by atoms with Crippen molar-refractivity contribution < 1.29 is 4.79 Å². The minimum Gasteiger partial charge on any atom is -0.356 e. The van der Waals surface area contributed by atoms with Crippen LogP contribution < -0.4 is 5.32 Å². The predicted molar refractivity (Wildman–Crippen MR) is 65.7 cm³/mol. The maximum atomic E-state index is 11.5. The summed E-state index contributed by atoms with van der Waals surface area (Å²) in [7, 11) is 0. The minimum absolute atomic E-state index is 0.0889. The average molecular weight is 270 g/mol. The normalized spacial score (nSPS) is 10.4. The Morgan fingerprint density at radius 3 is 2.47 bits per heavy atom. The van der Waals surface area contributed by atoms with Gasteiger partial charge in [0.1, 0.15) is 0 Å². The summed E-state index contributed by atoms with van der Waals surface area (Å²) >= 11 is 3.36. The van der Waals surface area contributed by atoms with Crippen molar-refractivity contribution in [3.8, 4) is 0 Å². The van der Waals surface area contributed by atoms with Crippen LogP contribution in [-0.2, 0) is 11.2 Å². The largest absolute Gasteiger partial charge is 0.356 e. The van der Waals surface area contributed by atoms with Gasteiger partial charge in [-0.2, -0.15) is 0 Å². The Labute approximate surface area is 99.2 Å². The summed E-state index contributed by atoms with van der Waals surface area (Å²) in [6, 6.07) is 7.81. The van der Waals surface area contributed by atoms with Gasteiger partial charge in [-0.1, -0.05) is 41.9 Å². The first-order chi connectivity index (χ1) is 7.08. The second kappa shape index (κ2) is 5.91. The molecule has 1 aromatic carbocycles. The fraction of sp³-hybridized carbons (Fsp3) is 0.417. The third-order valence-electron chi connectivity index (χ3n) is 1.99. The van der Waals surface area contributed by atoms with Gasteiger partial charge >= 0.3 is 0 Å². The zero-order chi connectivity index (χ0) is 11.3. The van der Waals surface area contributed by atoms with Gasteiger partial charge in [-0.3, -0.25) is 4.79 Å². The SMILES string of the molecule is CC(C)CNC(=O)Cc1ccc(Br)cc1. The molecule has 1 rings (SSSR count). The summed E-state index contributed by atoms with van der Waals surface area (Å²) in [4.78, 5) is 11.5. The molecule has 0 aliphatic carbocycles. The number of hydrogen-bond donors (Lipinski definition) is 1. The van der Waals surface area contributed by atoms with Crippen LogP contribution in [0.15, 0.2) is 28.7 Å². The Hall–Kier alpha value is -0.830. The van der Waals surface area contributed by atoms with Crippen LogP contribution in [0.3, 0.4) is 0 Å². The molecule has 0 aromatic heterocycles. The van der Waals surface area contributed by atoms with Crippen molar-refractivity contribution in [3.05, 3.63) is 34.3 Å². The molecule has 1 aromatic rings. The monoisotopic (exact) mass is 269 g/mol. The molecule has 0 aliphatic rings. The number of rotatable bonds is 4. The Morgan fingerprint density at radius 2 is 1.93 bits per heavy atom. The van der Waals surface area contributed by atoms with E-state index in [-0.39, 0.29) is 5.91 Å². The molecule has 0 saturated heterocycles. The molecule has 2 nitrogen and oxygen atoms in total. The molecule has 0 fully saturated rings. The zero-order valence-electron chi connectivity index (χ0n) is 9.09. The number of carbonyl (C=O) groups excluding carboxylic acids is 1. The fourth-order valence-electron chi connectivity index (χ4n) is 1.17. The Kier molecular flexibility index (Phi) is 4.82. The fourth-order valence-corrected chi connectivity index (χ4v) is 1.43. The smallest absolute Gasteiger partial charge is 0.224 e. The number of hydrogen-bond acceptors (Lipinski definition) is 1. The summed E-state index contributed by atoms with van der Waals surface area (Å²) in [6.45, 7) is 4.91. The van der Waals surface area contributed by atoms with Gasteiger partial charge in [-0.25, -0.2) is 0 Å². The van der Waals surface area contributed by atoms with Crippen molar-refractivity contribution in [1.82, 2.24) is 5.32 Å². The molecule has 0 spiro atoms. The lowest BCUT2D eigenvalue weighted by Gasteiger charge is -2.07. The Bertz CT molecular complexity index is 319. The third kappa shape index (κ3) is 4.98. The summed E-state index contributed by atoms with van der Waals surface area (Å²) in [5.41, 5.74) is 1.04. The van der Waals surface area contributed by atoms with E-state index in [0.29, 0.717) is 12.3 Å².